The number of benzene rings is 1. The van der Waals surface area contributed by atoms with Gasteiger partial charge in [0.25, 0.3) is 0 Å². The predicted octanol–water partition coefficient (Wildman–Crippen LogP) is 3.05. The highest BCUT2D eigenvalue weighted by molar-refractivity contribution is 5.39. The molecule has 20 heavy (non-hydrogen) atoms. The summed E-state index contributed by atoms with van der Waals surface area (Å²) in [6, 6.07) is 6.56. The Bertz CT molecular complexity index is 411. The highest BCUT2D eigenvalue weighted by atomic mass is 16.3. The molecule has 1 aliphatic heterocycles. The van der Waals surface area contributed by atoms with E-state index in [9.17, 15) is 5.11 Å². The lowest BCUT2D eigenvalue weighted by Gasteiger charge is -2.32. The minimum Gasteiger partial charge on any atom is -0.507 e. The number of para-hydroxylation sites is 1. The first-order valence-electron chi connectivity index (χ1n) is 7.94. The summed E-state index contributed by atoms with van der Waals surface area (Å²) in [5.41, 5.74) is 1.97. The minimum absolute atomic E-state index is 0.445. The molecule has 112 valence electrons. The van der Waals surface area contributed by atoms with Crippen molar-refractivity contribution in [2.45, 2.75) is 52.1 Å². The molecule has 0 aliphatic carbocycles. The van der Waals surface area contributed by atoms with Gasteiger partial charge in [-0.05, 0) is 51.4 Å². The van der Waals surface area contributed by atoms with E-state index < -0.39 is 0 Å². The summed E-state index contributed by atoms with van der Waals surface area (Å²) in [7, 11) is 0. The molecule has 2 N–H and O–H groups in total. The number of nitrogens with one attached hydrogen (secondary N) is 1. The van der Waals surface area contributed by atoms with E-state index in [-0.39, 0.29) is 0 Å². The average molecular weight is 276 g/mol. The van der Waals surface area contributed by atoms with Gasteiger partial charge in [-0.25, -0.2) is 0 Å². The van der Waals surface area contributed by atoms with Gasteiger partial charge in [0, 0.05) is 18.2 Å². The Morgan fingerprint density at radius 2 is 2.05 bits per heavy atom. The maximum atomic E-state index is 10.0. The van der Waals surface area contributed by atoms with E-state index >= 15 is 0 Å². The van der Waals surface area contributed by atoms with Crippen molar-refractivity contribution in [1.29, 1.82) is 0 Å². The lowest BCUT2D eigenvalue weighted by Crippen LogP contribution is -2.42. The number of likely N-dealkylation sites (tertiary alicyclic amines) is 1. The fourth-order valence-corrected chi connectivity index (χ4v) is 2.86. The second-order valence-electron chi connectivity index (χ2n) is 5.93. The number of phenolic OH excluding ortho intramolecular Hbond substituents is 1. The van der Waals surface area contributed by atoms with E-state index in [1.54, 1.807) is 0 Å². The van der Waals surface area contributed by atoms with E-state index in [2.05, 4.69) is 17.1 Å². The number of hydrogen-bond acceptors (Lipinski definition) is 3. The molecule has 0 aromatic heterocycles. The van der Waals surface area contributed by atoms with Gasteiger partial charge in [0.05, 0.1) is 0 Å². The van der Waals surface area contributed by atoms with Crippen molar-refractivity contribution in [1.82, 2.24) is 10.2 Å². The standard InChI is InChI=1S/C17H28N2O/c1-3-4-10-19-11-8-16(9-12-19)18-13-15-7-5-6-14(2)17(15)20/h5-7,16,18,20H,3-4,8-13H2,1-2H3. The van der Waals surface area contributed by atoms with Crippen LogP contribution in [0.3, 0.4) is 0 Å². The molecule has 1 fully saturated rings. The number of nitrogens with zero attached hydrogens (tertiary/aromatic N) is 1. The van der Waals surface area contributed by atoms with Crippen LogP contribution in [0.5, 0.6) is 5.75 Å². The lowest BCUT2D eigenvalue weighted by molar-refractivity contribution is 0.195. The van der Waals surface area contributed by atoms with Crippen LogP contribution in [-0.2, 0) is 6.54 Å². The average Bonchev–Trinajstić information content (AvgIpc) is 2.48. The van der Waals surface area contributed by atoms with Gasteiger partial charge in [0.1, 0.15) is 5.75 Å². The Kier molecular flexibility index (Phi) is 5.86. The number of unbranched alkanes of at least 4 members (excludes halogenated alkanes) is 1. The zero-order valence-corrected chi connectivity index (χ0v) is 12.9. The van der Waals surface area contributed by atoms with Gasteiger partial charge in [-0.3, -0.25) is 0 Å². The molecule has 0 spiro atoms. The Labute approximate surface area is 123 Å². The Balaban J connectivity index is 1.74. The second-order valence-corrected chi connectivity index (χ2v) is 5.93. The van der Waals surface area contributed by atoms with E-state index in [1.165, 1.54) is 45.3 Å². The summed E-state index contributed by atoms with van der Waals surface area (Å²) >= 11 is 0. The second kappa shape index (κ2) is 7.65. The van der Waals surface area contributed by atoms with Crippen LogP contribution in [0.15, 0.2) is 18.2 Å². The molecule has 1 aromatic carbocycles. The van der Waals surface area contributed by atoms with Gasteiger partial charge < -0.3 is 15.3 Å². The molecule has 0 bridgehead atoms. The van der Waals surface area contributed by atoms with Crippen LogP contribution >= 0.6 is 0 Å². The predicted molar refractivity (Wildman–Crippen MR) is 84.1 cm³/mol. The van der Waals surface area contributed by atoms with Crippen molar-refractivity contribution in [3.05, 3.63) is 29.3 Å². The third-order valence-electron chi connectivity index (χ3n) is 4.32. The Morgan fingerprint density at radius 3 is 2.75 bits per heavy atom. The largest absolute Gasteiger partial charge is 0.507 e. The van der Waals surface area contributed by atoms with Gasteiger partial charge in [0.2, 0.25) is 0 Å². The van der Waals surface area contributed by atoms with Gasteiger partial charge >= 0.3 is 0 Å². The smallest absolute Gasteiger partial charge is 0.122 e. The summed E-state index contributed by atoms with van der Waals surface area (Å²) in [5.74, 6) is 0.445. The normalized spacial score (nSPS) is 17.5. The third kappa shape index (κ3) is 4.22. The van der Waals surface area contributed by atoms with Gasteiger partial charge in [-0.1, -0.05) is 31.5 Å². The van der Waals surface area contributed by atoms with Crippen molar-refractivity contribution < 1.29 is 5.11 Å². The van der Waals surface area contributed by atoms with Crippen LogP contribution in [0, 0.1) is 6.92 Å². The SMILES string of the molecule is CCCCN1CCC(NCc2cccc(C)c2O)CC1. The fourth-order valence-electron chi connectivity index (χ4n) is 2.86. The number of aromatic hydroxyl groups is 1. The molecule has 1 aliphatic rings. The number of hydrogen-bond donors (Lipinski definition) is 2. The van der Waals surface area contributed by atoms with E-state index in [1.807, 2.05) is 25.1 Å². The van der Waals surface area contributed by atoms with Crippen molar-refractivity contribution in [3.8, 4) is 5.75 Å². The summed E-state index contributed by atoms with van der Waals surface area (Å²) in [6.45, 7) is 8.64. The van der Waals surface area contributed by atoms with Crippen LogP contribution in [0.4, 0.5) is 0 Å². The van der Waals surface area contributed by atoms with Crippen LogP contribution in [0.1, 0.15) is 43.7 Å². The molecule has 2 rings (SSSR count). The first-order valence-corrected chi connectivity index (χ1v) is 7.94. The molecule has 1 heterocycles. The van der Waals surface area contributed by atoms with Crippen molar-refractivity contribution >= 4 is 0 Å². The van der Waals surface area contributed by atoms with Gasteiger partial charge in [0.15, 0.2) is 0 Å². The summed E-state index contributed by atoms with van der Waals surface area (Å²) in [6.07, 6.45) is 5.03. The first-order chi connectivity index (χ1) is 9.70. The van der Waals surface area contributed by atoms with E-state index in [0.717, 1.165) is 17.7 Å². The fraction of sp³-hybridized carbons (Fsp3) is 0.647. The van der Waals surface area contributed by atoms with Crippen LogP contribution in [0.2, 0.25) is 0 Å². The Hall–Kier alpha value is -1.06. The van der Waals surface area contributed by atoms with E-state index in [4.69, 9.17) is 0 Å². The summed E-state index contributed by atoms with van der Waals surface area (Å²) in [4.78, 5) is 2.58. The molecular weight excluding hydrogens is 248 g/mol. The molecule has 0 unspecified atom stereocenters. The molecule has 0 atom stereocenters. The first kappa shape index (κ1) is 15.3. The number of piperidine rings is 1. The molecular formula is C17H28N2O. The summed E-state index contributed by atoms with van der Waals surface area (Å²) < 4.78 is 0. The molecule has 0 saturated carbocycles. The maximum absolute atomic E-state index is 10.0. The van der Waals surface area contributed by atoms with Crippen LogP contribution < -0.4 is 5.32 Å². The zero-order chi connectivity index (χ0) is 14.4. The number of rotatable bonds is 6. The van der Waals surface area contributed by atoms with Crippen molar-refractivity contribution in [2.75, 3.05) is 19.6 Å². The number of aryl methyl sites for hydroxylation is 1. The van der Waals surface area contributed by atoms with E-state index in [0.29, 0.717) is 11.8 Å². The molecule has 1 aromatic rings. The van der Waals surface area contributed by atoms with Crippen LogP contribution in [-0.4, -0.2) is 35.7 Å². The molecule has 3 heteroatoms. The Morgan fingerprint density at radius 1 is 1.30 bits per heavy atom. The highest BCUT2D eigenvalue weighted by Gasteiger charge is 2.18. The topological polar surface area (TPSA) is 35.5 Å². The lowest BCUT2D eigenvalue weighted by atomic mass is 10.0. The minimum atomic E-state index is 0.445. The monoisotopic (exact) mass is 276 g/mol. The molecule has 0 radical (unpaired) electrons. The zero-order valence-electron chi connectivity index (χ0n) is 12.9. The van der Waals surface area contributed by atoms with Crippen molar-refractivity contribution in [3.63, 3.8) is 0 Å². The maximum Gasteiger partial charge on any atom is 0.122 e. The molecule has 3 nitrogen and oxygen atoms in total. The number of phenols is 1. The molecule has 0 amide bonds. The molecule has 1 saturated heterocycles. The van der Waals surface area contributed by atoms with Crippen LogP contribution in [0.25, 0.3) is 0 Å². The van der Waals surface area contributed by atoms with Gasteiger partial charge in [-0.2, -0.15) is 0 Å². The highest BCUT2D eigenvalue weighted by Crippen LogP contribution is 2.21. The summed E-state index contributed by atoms with van der Waals surface area (Å²) in [5, 5.41) is 13.6. The third-order valence-corrected chi connectivity index (χ3v) is 4.32. The quantitative estimate of drug-likeness (QED) is 0.838. The van der Waals surface area contributed by atoms with Gasteiger partial charge in [-0.15, -0.1) is 0 Å². The van der Waals surface area contributed by atoms with Crippen molar-refractivity contribution in [2.24, 2.45) is 0 Å².